The number of nitrogens with zero attached hydrogens (tertiary/aromatic N) is 5. The molecular weight excluding hydrogens is 364 g/mol. The van der Waals surface area contributed by atoms with Crippen molar-refractivity contribution in [3.8, 4) is 17.1 Å². The van der Waals surface area contributed by atoms with Gasteiger partial charge in [0.05, 0.1) is 39.9 Å². The first-order valence-corrected chi connectivity index (χ1v) is 9.84. The van der Waals surface area contributed by atoms with Gasteiger partial charge in [0, 0.05) is 23.8 Å². The van der Waals surface area contributed by atoms with Gasteiger partial charge in [-0.15, -0.1) is 0 Å². The normalized spacial score (nSPS) is 12.5. The molecule has 0 aliphatic rings. The zero-order chi connectivity index (χ0) is 18.6. The van der Waals surface area contributed by atoms with Gasteiger partial charge in [-0.2, -0.15) is 10.2 Å². The van der Waals surface area contributed by atoms with Crippen LogP contribution in [0.2, 0.25) is 0 Å². The molecule has 1 unspecified atom stereocenters. The Balaban J connectivity index is 1.64. The molecule has 27 heavy (non-hydrogen) atoms. The first-order chi connectivity index (χ1) is 13.3. The van der Waals surface area contributed by atoms with Crippen LogP contribution in [0, 0.1) is 0 Å². The summed E-state index contributed by atoms with van der Waals surface area (Å²) in [5.41, 5.74) is 2.47. The fourth-order valence-electron chi connectivity index (χ4n) is 2.74. The minimum atomic E-state index is -1.14. The van der Waals surface area contributed by atoms with Crippen molar-refractivity contribution in [1.82, 2.24) is 29.9 Å². The van der Waals surface area contributed by atoms with Gasteiger partial charge in [-0.3, -0.25) is 9.31 Å². The maximum absolute atomic E-state index is 12.4. The van der Waals surface area contributed by atoms with Gasteiger partial charge in [0.15, 0.2) is 11.5 Å². The number of aromatic nitrogens is 6. The zero-order valence-electron chi connectivity index (χ0n) is 14.7. The van der Waals surface area contributed by atoms with Crippen molar-refractivity contribution in [2.75, 3.05) is 19.0 Å². The monoisotopic (exact) mass is 382 g/mol. The van der Waals surface area contributed by atoms with E-state index in [0.29, 0.717) is 35.3 Å². The number of H-pyrrole nitrogens is 1. The third kappa shape index (κ3) is 3.64. The van der Waals surface area contributed by atoms with Crippen LogP contribution in [0.15, 0.2) is 53.9 Å². The predicted molar refractivity (Wildman–Crippen MR) is 102 cm³/mol. The molecule has 0 fully saturated rings. The number of ether oxygens (including phenoxy) is 1. The highest BCUT2D eigenvalue weighted by molar-refractivity contribution is 7.85. The molecular formula is C18H18N6O2S. The van der Waals surface area contributed by atoms with E-state index in [1.165, 1.54) is 6.33 Å². The Morgan fingerprint density at radius 3 is 2.96 bits per heavy atom. The minimum Gasteiger partial charge on any atom is -0.381 e. The van der Waals surface area contributed by atoms with Crippen molar-refractivity contribution in [2.24, 2.45) is 0 Å². The number of fused-ring (bicyclic) bond motifs is 1. The first-order valence-electron chi connectivity index (χ1n) is 8.52. The molecule has 0 saturated heterocycles. The Morgan fingerprint density at radius 1 is 1.22 bits per heavy atom. The Hall–Kier alpha value is -2.91. The van der Waals surface area contributed by atoms with Crippen molar-refractivity contribution in [1.29, 1.82) is 0 Å². The molecule has 0 radical (unpaired) electrons. The Kier molecular flexibility index (Phi) is 5.03. The summed E-state index contributed by atoms with van der Waals surface area (Å²) in [6, 6.07) is 9.65. The minimum absolute atomic E-state index is 0.453. The molecule has 3 heterocycles. The van der Waals surface area contributed by atoms with Crippen LogP contribution in [0.25, 0.3) is 28.1 Å². The SMILES string of the molecule is CCOCCS(=O)c1cnc2c(cnn2-c2cccc(-c3ncn[nH]3)c2)c1. The average Bonchev–Trinajstić information content (AvgIpc) is 3.37. The van der Waals surface area contributed by atoms with Gasteiger partial charge in [0.2, 0.25) is 0 Å². The van der Waals surface area contributed by atoms with Crippen LogP contribution < -0.4 is 0 Å². The smallest absolute Gasteiger partial charge is 0.162 e. The molecule has 138 valence electrons. The largest absolute Gasteiger partial charge is 0.381 e. The molecule has 8 nitrogen and oxygen atoms in total. The van der Waals surface area contributed by atoms with E-state index in [9.17, 15) is 4.21 Å². The number of aromatic amines is 1. The maximum Gasteiger partial charge on any atom is 0.162 e. The lowest BCUT2D eigenvalue weighted by Gasteiger charge is -2.06. The number of nitrogens with one attached hydrogen (secondary N) is 1. The average molecular weight is 382 g/mol. The highest BCUT2D eigenvalue weighted by atomic mass is 32.2. The summed E-state index contributed by atoms with van der Waals surface area (Å²) in [6.45, 7) is 3.01. The molecule has 9 heteroatoms. The van der Waals surface area contributed by atoms with Crippen molar-refractivity contribution < 1.29 is 8.95 Å². The lowest BCUT2D eigenvalue weighted by Crippen LogP contribution is -2.06. The maximum atomic E-state index is 12.4. The molecule has 0 aliphatic carbocycles. The van der Waals surface area contributed by atoms with Gasteiger partial charge in [-0.05, 0) is 25.1 Å². The lowest BCUT2D eigenvalue weighted by molar-refractivity contribution is 0.164. The molecule has 4 aromatic rings. The molecule has 1 atom stereocenters. The predicted octanol–water partition coefficient (Wildman–Crippen LogP) is 2.35. The van der Waals surface area contributed by atoms with Gasteiger partial charge >= 0.3 is 0 Å². The van der Waals surface area contributed by atoms with Crippen LogP contribution in [-0.4, -0.2) is 53.1 Å². The highest BCUT2D eigenvalue weighted by Gasteiger charge is 2.11. The van der Waals surface area contributed by atoms with Crippen LogP contribution in [0.5, 0.6) is 0 Å². The van der Waals surface area contributed by atoms with E-state index in [-0.39, 0.29) is 0 Å². The zero-order valence-corrected chi connectivity index (χ0v) is 15.5. The van der Waals surface area contributed by atoms with Crippen molar-refractivity contribution in [3.63, 3.8) is 0 Å². The van der Waals surface area contributed by atoms with Gasteiger partial charge in [-0.1, -0.05) is 12.1 Å². The number of rotatable bonds is 7. The molecule has 0 bridgehead atoms. The number of benzene rings is 1. The summed E-state index contributed by atoms with van der Waals surface area (Å²) >= 11 is 0. The second kappa shape index (κ2) is 7.77. The highest BCUT2D eigenvalue weighted by Crippen LogP contribution is 2.22. The molecule has 0 spiro atoms. The van der Waals surface area contributed by atoms with Crippen LogP contribution >= 0.6 is 0 Å². The molecule has 1 aromatic carbocycles. The fraction of sp³-hybridized carbons (Fsp3) is 0.222. The standard InChI is InChI=1S/C18H18N6O2S/c1-2-26-6-7-27(25)16-9-14-10-22-24(18(14)19-11-16)15-5-3-4-13(8-15)17-20-12-21-23-17/h3-5,8-12H,2,6-7H2,1H3,(H,20,21,23). The van der Waals surface area contributed by atoms with E-state index in [0.717, 1.165) is 16.6 Å². The van der Waals surface area contributed by atoms with E-state index < -0.39 is 10.8 Å². The van der Waals surface area contributed by atoms with Crippen LogP contribution in [0.4, 0.5) is 0 Å². The van der Waals surface area contributed by atoms with E-state index in [2.05, 4.69) is 25.3 Å². The number of pyridine rings is 1. The van der Waals surface area contributed by atoms with E-state index in [4.69, 9.17) is 4.74 Å². The number of hydrogen-bond donors (Lipinski definition) is 1. The Morgan fingerprint density at radius 2 is 2.15 bits per heavy atom. The summed E-state index contributed by atoms with van der Waals surface area (Å²) in [7, 11) is -1.14. The van der Waals surface area contributed by atoms with Crippen LogP contribution in [0.3, 0.4) is 0 Å². The van der Waals surface area contributed by atoms with E-state index in [1.54, 1.807) is 17.1 Å². The molecule has 3 aromatic heterocycles. The van der Waals surface area contributed by atoms with E-state index >= 15 is 0 Å². The van der Waals surface area contributed by atoms with Crippen LogP contribution in [0.1, 0.15) is 6.92 Å². The summed E-state index contributed by atoms with van der Waals surface area (Å²) in [6.07, 6.45) is 4.84. The van der Waals surface area contributed by atoms with Crippen molar-refractivity contribution >= 4 is 21.8 Å². The van der Waals surface area contributed by atoms with Crippen molar-refractivity contribution in [2.45, 2.75) is 11.8 Å². The quantitative estimate of drug-likeness (QED) is 0.493. The Bertz CT molecular complexity index is 1080. The van der Waals surface area contributed by atoms with Gasteiger partial charge in [0.25, 0.3) is 0 Å². The van der Waals surface area contributed by atoms with Crippen LogP contribution in [-0.2, 0) is 15.5 Å². The second-order valence-electron chi connectivity index (χ2n) is 5.77. The van der Waals surface area contributed by atoms with Crippen molar-refractivity contribution in [3.05, 3.63) is 49.1 Å². The van der Waals surface area contributed by atoms with E-state index in [1.807, 2.05) is 37.3 Å². The number of hydrogen-bond acceptors (Lipinski definition) is 6. The summed E-state index contributed by atoms with van der Waals surface area (Å²) in [5.74, 6) is 1.14. The molecule has 0 saturated carbocycles. The van der Waals surface area contributed by atoms with Gasteiger partial charge in [-0.25, -0.2) is 14.6 Å². The summed E-state index contributed by atoms with van der Waals surface area (Å²) < 4.78 is 19.4. The summed E-state index contributed by atoms with van der Waals surface area (Å²) in [4.78, 5) is 9.34. The fourth-order valence-corrected chi connectivity index (χ4v) is 3.67. The summed E-state index contributed by atoms with van der Waals surface area (Å²) in [5, 5.41) is 12.0. The Labute approximate surface area is 158 Å². The third-order valence-corrected chi connectivity index (χ3v) is 5.33. The molecule has 0 aliphatic heterocycles. The third-order valence-electron chi connectivity index (χ3n) is 4.04. The first kappa shape index (κ1) is 17.5. The topological polar surface area (TPSA) is 98.6 Å². The van der Waals surface area contributed by atoms with Gasteiger partial charge in [0.1, 0.15) is 6.33 Å². The van der Waals surface area contributed by atoms with Gasteiger partial charge < -0.3 is 4.74 Å². The lowest BCUT2D eigenvalue weighted by atomic mass is 10.2. The molecule has 1 N–H and O–H groups in total. The second-order valence-corrected chi connectivity index (χ2v) is 7.34. The molecule has 4 rings (SSSR count). The molecule has 0 amide bonds.